The molecule has 21 heavy (non-hydrogen) atoms. The highest BCUT2D eigenvalue weighted by Gasteiger charge is 2.47. The van der Waals surface area contributed by atoms with Gasteiger partial charge in [-0.05, 0) is 73.4 Å². The van der Waals surface area contributed by atoms with E-state index >= 15 is 0 Å². The number of nitrogens with two attached hydrogens (primary N) is 1. The quantitative estimate of drug-likeness (QED) is 0.921. The lowest BCUT2D eigenvalue weighted by Gasteiger charge is -2.45. The first-order valence-electron chi connectivity index (χ1n) is 8.83. The maximum atomic E-state index is 5.62. The van der Waals surface area contributed by atoms with E-state index in [-0.39, 0.29) is 0 Å². The molecule has 2 bridgehead atoms. The van der Waals surface area contributed by atoms with Crippen molar-refractivity contribution in [2.45, 2.75) is 38.6 Å². The molecule has 0 aromatic heterocycles. The van der Waals surface area contributed by atoms with Crippen LogP contribution < -0.4 is 5.73 Å². The number of fused-ring (bicyclic) bond motifs is 2. The molecule has 2 heteroatoms. The number of hydrogen-bond donors (Lipinski definition) is 1. The highest BCUT2D eigenvalue weighted by Crippen LogP contribution is 2.51. The van der Waals surface area contributed by atoms with Gasteiger partial charge in [0.05, 0.1) is 0 Å². The Labute approximate surface area is 128 Å². The summed E-state index contributed by atoms with van der Waals surface area (Å²) in [7, 11) is 0. The van der Waals surface area contributed by atoms with Crippen LogP contribution in [0.4, 0.5) is 0 Å². The highest BCUT2D eigenvalue weighted by molar-refractivity contribution is 5.23. The molecule has 2 atom stereocenters. The van der Waals surface area contributed by atoms with E-state index in [1.165, 1.54) is 49.9 Å². The van der Waals surface area contributed by atoms with Crippen LogP contribution in [-0.4, -0.2) is 24.5 Å². The van der Waals surface area contributed by atoms with E-state index in [1.54, 1.807) is 0 Å². The first-order valence-corrected chi connectivity index (χ1v) is 8.83. The number of rotatable bonds is 4. The van der Waals surface area contributed by atoms with E-state index in [0.717, 1.165) is 43.2 Å². The maximum Gasteiger partial charge on any atom is 0.0233 e. The Hall–Kier alpha value is -0.860. The van der Waals surface area contributed by atoms with Gasteiger partial charge in [-0.15, -0.1) is 0 Å². The molecule has 3 aliphatic carbocycles. The third-order valence-electron chi connectivity index (χ3n) is 6.38. The molecule has 114 valence electrons. The lowest BCUT2D eigenvalue weighted by molar-refractivity contribution is 0.0577. The molecule has 0 radical (unpaired) electrons. The molecule has 1 heterocycles. The van der Waals surface area contributed by atoms with Gasteiger partial charge in [0.25, 0.3) is 0 Å². The van der Waals surface area contributed by atoms with Gasteiger partial charge in [0.1, 0.15) is 0 Å². The molecule has 0 unspecified atom stereocenters. The van der Waals surface area contributed by atoms with Gasteiger partial charge in [0.2, 0.25) is 0 Å². The fraction of sp³-hybridized carbons (Fsp3) is 0.684. The monoisotopic (exact) mass is 284 g/mol. The van der Waals surface area contributed by atoms with Crippen molar-refractivity contribution in [2.24, 2.45) is 29.4 Å². The minimum Gasteiger partial charge on any atom is -0.330 e. The molecule has 5 rings (SSSR count). The second-order valence-corrected chi connectivity index (χ2v) is 7.55. The Morgan fingerprint density at radius 1 is 0.857 bits per heavy atom. The van der Waals surface area contributed by atoms with Crippen LogP contribution in [0, 0.1) is 23.7 Å². The SMILES string of the molecule is NCCc1ccc(CN2C[C@@H]3C4CCC(CC4)[C@@H]3C2)cc1. The molecule has 1 aliphatic heterocycles. The number of hydrogen-bond acceptors (Lipinski definition) is 2. The minimum atomic E-state index is 0.748. The average molecular weight is 284 g/mol. The first-order chi connectivity index (χ1) is 10.3. The lowest BCUT2D eigenvalue weighted by Crippen LogP contribution is -2.38. The summed E-state index contributed by atoms with van der Waals surface area (Å²) in [5.74, 6) is 4.15. The molecular formula is C19H28N2. The van der Waals surface area contributed by atoms with Crippen molar-refractivity contribution in [2.75, 3.05) is 19.6 Å². The third-order valence-corrected chi connectivity index (χ3v) is 6.38. The summed E-state index contributed by atoms with van der Waals surface area (Å²) in [4.78, 5) is 2.73. The van der Waals surface area contributed by atoms with E-state index in [2.05, 4.69) is 29.2 Å². The summed E-state index contributed by atoms with van der Waals surface area (Å²) in [5, 5.41) is 0. The average Bonchev–Trinajstić information content (AvgIpc) is 2.96. The van der Waals surface area contributed by atoms with Crippen LogP contribution in [-0.2, 0) is 13.0 Å². The molecule has 4 fully saturated rings. The Balaban J connectivity index is 1.40. The summed E-state index contributed by atoms with van der Waals surface area (Å²) in [5.41, 5.74) is 8.47. The summed E-state index contributed by atoms with van der Waals surface area (Å²) in [6.07, 6.45) is 7.08. The van der Waals surface area contributed by atoms with Gasteiger partial charge in [-0.25, -0.2) is 0 Å². The van der Waals surface area contributed by atoms with Crippen LogP contribution in [0.2, 0.25) is 0 Å². The van der Waals surface area contributed by atoms with Crippen LogP contribution >= 0.6 is 0 Å². The molecular weight excluding hydrogens is 256 g/mol. The van der Waals surface area contributed by atoms with E-state index in [4.69, 9.17) is 5.73 Å². The maximum absolute atomic E-state index is 5.62. The predicted molar refractivity (Wildman–Crippen MR) is 86.9 cm³/mol. The van der Waals surface area contributed by atoms with Crippen molar-refractivity contribution in [3.63, 3.8) is 0 Å². The molecule has 4 aliphatic rings. The van der Waals surface area contributed by atoms with E-state index in [0.29, 0.717) is 0 Å². The van der Waals surface area contributed by atoms with Gasteiger partial charge in [0.15, 0.2) is 0 Å². The summed E-state index contributed by atoms with van der Waals surface area (Å²) < 4.78 is 0. The molecule has 1 aromatic carbocycles. The Kier molecular flexibility index (Phi) is 3.76. The van der Waals surface area contributed by atoms with Crippen molar-refractivity contribution in [1.82, 2.24) is 4.90 Å². The Morgan fingerprint density at radius 3 is 1.90 bits per heavy atom. The zero-order valence-corrected chi connectivity index (χ0v) is 13.0. The zero-order chi connectivity index (χ0) is 14.2. The van der Waals surface area contributed by atoms with E-state index in [1.807, 2.05) is 0 Å². The van der Waals surface area contributed by atoms with Crippen LogP contribution in [0.15, 0.2) is 24.3 Å². The molecule has 3 saturated carbocycles. The zero-order valence-electron chi connectivity index (χ0n) is 13.0. The molecule has 2 nitrogen and oxygen atoms in total. The summed E-state index contributed by atoms with van der Waals surface area (Å²) in [6.45, 7) is 4.61. The third kappa shape index (κ3) is 2.64. The standard InChI is InChI=1S/C19H28N2/c20-10-9-14-1-3-15(4-2-14)11-21-12-18-16-5-6-17(8-7-16)19(18)13-21/h1-4,16-19H,5-13,20H2/t16?,17?,18-,19+. The molecule has 1 saturated heterocycles. The van der Waals surface area contributed by atoms with E-state index in [9.17, 15) is 0 Å². The van der Waals surface area contributed by atoms with Gasteiger partial charge in [-0.2, -0.15) is 0 Å². The van der Waals surface area contributed by atoms with Crippen LogP contribution in [0.5, 0.6) is 0 Å². The van der Waals surface area contributed by atoms with Crippen molar-refractivity contribution in [1.29, 1.82) is 0 Å². The van der Waals surface area contributed by atoms with Gasteiger partial charge in [-0.1, -0.05) is 24.3 Å². The Morgan fingerprint density at radius 2 is 1.38 bits per heavy atom. The second kappa shape index (κ2) is 5.73. The van der Waals surface area contributed by atoms with Gasteiger partial charge in [0, 0.05) is 19.6 Å². The molecule has 2 N–H and O–H groups in total. The van der Waals surface area contributed by atoms with Crippen LogP contribution in [0.3, 0.4) is 0 Å². The summed E-state index contributed by atoms with van der Waals surface area (Å²) >= 11 is 0. The minimum absolute atomic E-state index is 0.748. The van der Waals surface area contributed by atoms with Crippen molar-refractivity contribution >= 4 is 0 Å². The van der Waals surface area contributed by atoms with Crippen LogP contribution in [0.1, 0.15) is 36.8 Å². The molecule has 1 aromatic rings. The highest BCUT2D eigenvalue weighted by atomic mass is 15.2. The van der Waals surface area contributed by atoms with E-state index < -0.39 is 0 Å². The summed E-state index contributed by atoms with van der Waals surface area (Å²) in [6, 6.07) is 9.13. The van der Waals surface area contributed by atoms with Crippen molar-refractivity contribution < 1.29 is 0 Å². The van der Waals surface area contributed by atoms with Gasteiger partial charge in [-0.3, -0.25) is 4.90 Å². The number of likely N-dealkylation sites (tertiary alicyclic amines) is 1. The molecule has 0 amide bonds. The lowest BCUT2D eigenvalue weighted by atomic mass is 9.60. The Bertz CT molecular complexity index is 453. The number of benzene rings is 1. The largest absolute Gasteiger partial charge is 0.330 e. The van der Waals surface area contributed by atoms with Crippen molar-refractivity contribution in [3.05, 3.63) is 35.4 Å². The van der Waals surface area contributed by atoms with Crippen LogP contribution in [0.25, 0.3) is 0 Å². The van der Waals surface area contributed by atoms with Gasteiger partial charge < -0.3 is 5.73 Å². The number of nitrogens with zero attached hydrogens (tertiary/aromatic N) is 1. The van der Waals surface area contributed by atoms with Crippen molar-refractivity contribution in [3.8, 4) is 0 Å². The topological polar surface area (TPSA) is 29.3 Å². The smallest absolute Gasteiger partial charge is 0.0233 e. The van der Waals surface area contributed by atoms with Gasteiger partial charge >= 0.3 is 0 Å². The fourth-order valence-electron chi connectivity index (χ4n) is 5.31. The fourth-order valence-corrected chi connectivity index (χ4v) is 5.31. The molecule has 0 spiro atoms. The normalized spacial score (nSPS) is 35.1. The first kappa shape index (κ1) is 13.8. The predicted octanol–water partition coefficient (Wildman–Crippen LogP) is 3.06. The second-order valence-electron chi connectivity index (χ2n) is 7.55.